The lowest BCUT2D eigenvalue weighted by Gasteiger charge is -2.43. The second kappa shape index (κ2) is 6.64. The van der Waals surface area contributed by atoms with Crippen LogP contribution in [0.1, 0.15) is 53.4 Å². The highest BCUT2D eigenvalue weighted by atomic mass is 16.8. The fraction of sp³-hybridized carbons (Fsp3) is 0.909. The highest BCUT2D eigenvalue weighted by molar-refractivity contribution is 5.84. The Bertz CT molecular complexity index is 781. The van der Waals surface area contributed by atoms with Crippen molar-refractivity contribution in [3.63, 3.8) is 0 Å². The molecular formula is C22H32O10. The molecule has 4 N–H and O–H groups in total. The Balaban J connectivity index is 0.000000135. The molecule has 0 amide bonds. The first-order valence-electron chi connectivity index (χ1n) is 11.4. The summed E-state index contributed by atoms with van der Waals surface area (Å²) in [5.74, 6) is -3.47. The molecule has 4 saturated heterocycles. The molecule has 0 aromatic carbocycles. The number of aliphatic hydroxyl groups is 4. The zero-order chi connectivity index (χ0) is 23.4. The third-order valence-corrected chi connectivity index (χ3v) is 8.98. The fourth-order valence-corrected chi connectivity index (χ4v) is 7.09. The molecule has 2 saturated carbocycles. The Morgan fingerprint density at radius 3 is 1.31 bits per heavy atom. The van der Waals surface area contributed by atoms with Crippen LogP contribution >= 0.6 is 0 Å². The summed E-state index contributed by atoms with van der Waals surface area (Å²) in [6.07, 6.45) is -2.01. The number of carbonyl (C=O) groups is 2. The van der Waals surface area contributed by atoms with Crippen molar-refractivity contribution in [2.45, 2.75) is 102 Å². The summed E-state index contributed by atoms with van der Waals surface area (Å²) in [6.45, 7) is 6.93. The van der Waals surface area contributed by atoms with Gasteiger partial charge in [-0.1, -0.05) is 13.8 Å². The van der Waals surface area contributed by atoms with Gasteiger partial charge in [0.15, 0.2) is 0 Å². The summed E-state index contributed by atoms with van der Waals surface area (Å²) >= 11 is 0. The fourth-order valence-electron chi connectivity index (χ4n) is 7.09. The summed E-state index contributed by atoms with van der Waals surface area (Å²) in [4.78, 5) is 24.0. The van der Waals surface area contributed by atoms with Gasteiger partial charge in [-0.25, -0.2) is 0 Å². The molecule has 10 nitrogen and oxygen atoms in total. The molecule has 12 atom stereocenters. The second-order valence-electron chi connectivity index (χ2n) is 10.7. The largest absolute Gasteiger partial charge is 0.430 e. The van der Waals surface area contributed by atoms with Gasteiger partial charge >= 0.3 is 11.9 Å². The van der Waals surface area contributed by atoms with Crippen LogP contribution in [0.3, 0.4) is 0 Å². The minimum absolute atomic E-state index is 0.0345. The Morgan fingerprint density at radius 2 is 1.03 bits per heavy atom. The van der Waals surface area contributed by atoms with Gasteiger partial charge in [0.2, 0.25) is 11.6 Å². The molecule has 6 rings (SSSR count). The maximum atomic E-state index is 12.0. The van der Waals surface area contributed by atoms with E-state index in [0.717, 1.165) is 0 Å². The number of hydrogen-bond donors (Lipinski definition) is 4. The lowest BCUT2D eigenvalue weighted by molar-refractivity contribution is -0.261. The third kappa shape index (κ3) is 2.35. The van der Waals surface area contributed by atoms with Gasteiger partial charge in [-0.2, -0.15) is 0 Å². The second-order valence-corrected chi connectivity index (χ2v) is 10.7. The molecule has 0 aromatic rings. The smallest absolute Gasteiger partial charge is 0.320 e. The predicted molar refractivity (Wildman–Crippen MR) is 104 cm³/mol. The maximum absolute atomic E-state index is 12.0. The SMILES string of the molecule is C[C@@H]1CC[C@H](O)[C@H]2O[C@@]3(C)OC(=O)[C@@]12[C@H]3O.C[C@@H]1CC[C@H](O)[C@H]2O[C@@]3(C)OC(=O)[C@@]12[C@H]3O. The molecule has 6 fully saturated rings. The summed E-state index contributed by atoms with van der Waals surface area (Å²) in [5, 5.41) is 40.3. The van der Waals surface area contributed by atoms with Gasteiger partial charge in [0.05, 0.1) is 12.2 Å². The lowest BCUT2D eigenvalue weighted by Crippen LogP contribution is -2.56. The van der Waals surface area contributed by atoms with Crippen LogP contribution in [0.4, 0.5) is 0 Å². The van der Waals surface area contributed by atoms with Gasteiger partial charge in [-0.15, -0.1) is 0 Å². The highest BCUT2D eigenvalue weighted by Gasteiger charge is 2.79. The van der Waals surface area contributed by atoms with Gasteiger partial charge in [0.25, 0.3) is 0 Å². The minimum atomic E-state index is -1.28. The number of esters is 2. The van der Waals surface area contributed by atoms with Crippen molar-refractivity contribution in [2.75, 3.05) is 0 Å². The Morgan fingerprint density at radius 1 is 0.688 bits per heavy atom. The van der Waals surface area contributed by atoms with Crippen LogP contribution < -0.4 is 0 Å². The molecule has 32 heavy (non-hydrogen) atoms. The molecule has 180 valence electrons. The van der Waals surface area contributed by atoms with E-state index in [0.29, 0.717) is 25.7 Å². The van der Waals surface area contributed by atoms with Crippen molar-refractivity contribution in [1.82, 2.24) is 0 Å². The predicted octanol–water partition coefficient (Wildman–Crippen LogP) is -0.407. The normalized spacial score (nSPS) is 59.6. The molecular weight excluding hydrogens is 424 g/mol. The van der Waals surface area contributed by atoms with Crippen molar-refractivity contribution in [1.29, 1.82) is 0 Å². The van der Waals surface area contributed by atoms with E-state index in [1.165, 1.54) is 0 Å². The average Bonchev–Trinajstić information content (AvgIpc) is 3.26. The lowest BCUT2D eigenvalue weighted by atomic mass is 9.62. The van der Waals surface area contributed by atoms with Crippen molar-refractivity contribution < 1.29 is 49.0 Å². The van der Waals surface area contributed by atoms with E-state index in [2.05, 4.69) is 0 Å². The van der Waals surface area contributed by atoms with Gasteiger partial charge in [0.1, 0.15) is 35.2 Å². The zero-order valence-electron chi connectivity index (χ0n) is 18.7. The summed E-state index contributed by atoms with van der Waals surface area (Å²) in [6, 6.07) is 0. The molecule has 0 unspecified atom stereocenters. The topological polar surface area (TPSA) is 152 Å². The zero-order valence-corrected chi connectivity index (χ0v) is 18.7. The van der Waals surface area contributed by atoms with Crippen molar-refractivity contribution >= 4 is 11.9 Å². The Kier molecular flexibility index (Phi) is 4.67. The molecule has 4 aliphatic heterocycles. The van der Waals surface area contributed by atoms with Gasteiger partial charge in [0, 0.05) is 13.8 Å². The van der Waals surface area contributed by atoms with Gasteiger partial charge in [-0.05, 0) is 37.5 Å². The van der Waals surface area contributed by atoms with Crippen LogP contribution in [0.25, 0.3) is 0 Å². The molecule has 4 heterocycles. The minimum Gasteiger partial charge on any atom is -0.430 e. The number of hydrogen-bond acceptors (Lipinski definition) is 10. The van der Waals surface area contributed by atoms with E-state index in [1.54, 1.807) is 13.8 Å². The van der Waals surface area contributed by atoms with Crippen molar-refractivity contribution in [3.05, 3.63) is 0 Å². The van der Waals surface area contributed by atoms with E-state index in [9.17, 15) is 30.0 Å². The summed E-state index contributed by atoms with van der Waals surface area (Å²) < 4.78 is 21.4. The van der Waals surface area contributed by atoms with Crippen LogP contribution in [-0.4, -0.2) is 80.6 Å². The number of fused-ring (bicyclic) bond motifs is 2. The Labute approximate surface area is 185 Å². The van der Waals surface area contributed by atoms with E-state index < -0.39 is 71.0 Å². The van der Waals surface area contributed by atoms with Crippen LogP contribution in [0, 0.1) is 22.7 Å². The standard InChI is InChI=1S/2C11H16O5/c2*1-5-3-4-6(12)7-11(5)8(13)10(2,15-7)16-9(11)14/h2*5-8,12-13H,3-4H2,1-2H3/t2*5-,6+,7-,8+,10+,11+/m11/s1. The highest BCUT2D eigenvalue weighted by Crippen LogP contribution is 2.61. The van der Waals surface area contributed by atoms with Crippen LogP contribution in [0.15, 0.2) is 0 Å². The first-order valence-corrected chi connectivity index (χ1v) is 11.4. The molecule has 4 bridgehead atoms. The molecule has 0 radical (unpaired) electrons. The Hall–Kier alpha value is -1.30. The monoisotopic (exact) mass is 456 g/mol. The first kappa shape index (κ1) is 22.5. The van der Waals surface area contributed by atoms with Crippen molar-refractivity contribution in [3.8, 4) is 0 Å². The maximum Gasteiger partial charge on any atom is 0.320 e. The molecule has 10 heteroatoms. The van der Waals surface area contributed by atoms with Crippen LogP contribution in [-0.2, 0) is 28.5 Å². The summed E-state index contributed by atoms with van der Waals surface area (Å²) in [5.41, 5.74) is -2.13. The van der Waals surface area contributed by atoms with E-state index in [-0.39, 0.29) is 11.8 Å². The molecule has 2 aliphatic carbocycles. The number of carbonyl (C=O) groups excluding carboxylic acids is 2. The van der Waals surface area contributed by atoms with E-state index >= 15 is 0 Å². The quantitative estimate of drug-likeness (QED) is 0.354. The molecule has 2 spiro atoms. The van der Waals surface area contributed by atoms with Crippen LogP contribution in [0.2, 0.25) is 0 Å². The van der Waals surface area contributed by atoms with Crippen LogP contribution in [0.5, 0.6) is 0 Å². The number of ether oxygens (including phenoxy) is 4. The average molecular weight is 456 g/mol. The number of aliphatic hydroxyl groups excluding tert-OH is 4. The van der Waals surface area contributed by atoms with Gasteiger partial charge < -0.3 is 39.4 Å². The third-order valence-electron chi connectivity index (χ3n) is 8.98. The number of rotatable bonds is 0. The molecule has 6 aliphatic rings. The first-order chi connectivity index (χ1) is 14.9. The molecule has 0 aromatic heterocycles. The van der Waals surface area contributed by atoms with Crippen molar-refractivity contribution in [2.24, 2.45) is 22.7 Å². The summed E-state index contributed by atoms with van der Waals surface area (Å²) in [7, 11) is 0. The van der Waals surface area contributed by atoms with Gasteiger partial charge in [-0.3, -0.25) is 9.59 Å². The van der Waals surface area contributed by atoms with E-state index in [1.807, 2.05) is 13.8 Å². The van der Waals surface area contributed by atoms with E-state index in [4.69, 9.17) is 18.9 Å².